The van der Waals surface area contributed by atoms with E-state index in [-0.39, 0.29) is 11.3 Å². The van der Waals surface area contributed by atoms with Crippen LogP contribution in [0.25, 0.3) is 0 Å². The molecule has 1 aromatic heterocycles. The summed E-state index contributed by atoms with van der Waals surface area (Å²) in [5.41, 5.74) is 0. The Morgan fingerprint density at radius 2 is 1.94 bits per heavy atom. The van der Waals surface area contributed by atoms with Crippen LogP contribution in [0, 0.1) is 12.3 Å². The standard InChI is InChI=1S/C12H18ClN5/c1-5-9(6-2)14-11-15-10(13)16-12(17-11)18(7-3)8-4/h1,9H,6-8H2,2-4H3,(H,14,15,16,17). The van der Waals surface area contributed by atoms with Gasteiger partial charge >= 0.3 is 0 Å². The van der Waals surface area contributed by atoms with Crippen LogP contribution in [0.3, 0.4) is 0 Å². The largest absolute Gasteiger partial charge is 0.341 e. The Bertz CT molecular complexity index is 425. The molecule has 1 atom stereocenters. The second kappa shape index (κ2) is 7.02. The molecule has 0 fully saturated rings. The molecule has 1 rings (SSSR count). The molecule has 0 aromatic carbocycles. The van der Waals surface area contributed by atoms with Crippen molar-refractivity contribution in [2.24, 2.45) is 0 Å². The second-order valence-electron chi connectivity index (χ2n) is 3.67. The number of rotatable bonds is 6. The van der Waals surface area contributed by atoms with Crippen molar-refractivity contribution < 1.29 is 0 Å². The van der Waals surface area contributed by atoms with E-state index in [4.69, 9.17) is 18.0 Å². The van der Waals surface area contributed by atoms with Gasteiger partial charge in [-0.25, -0.2) is 0 Å². The summed E-state index contributed by atoms with van der Waals surface area (Å²) in [5.74, 6) is 3.61. The summed E-state index contributed by atoms with van der Waals surface area (Å²) in [5, 5.41) is 3.22. The SMILES string of the molecule is C#CC(CC)Nc1nc(Cl)nc(N(CC)CC)n1. The number of hydrogen-bond acceptors (Lipinski definition) is 5. The third-order valence-corrected chi connectivity index (χ3v) is 2.72. The molecule has 0 radical (unpaired) electrons. The van der Waals surface area contributed by atoms with Gasteiger partial charge in [-0.15, -0.1) is 6.42 Å². The average molecular weight is 268 g/mol. The van der Waals surface area contributed by atoms with E-state index >= 15 is 0 Å². The molecule has 1 unspecified atom stereocenters. The van der Waals surface area contributed by atoms with Gasteiger partial charge in [0, 0.05) is 13.1 Å². The topological polar surface area (TPSA) is 53.9 Å². The third kappa shape index (κ3) is 3.74. The molecule has 0 saturated carbocycles. The van der Waals surface area contributed by atoms with Crippen LogP contribution in [0.2, 0.25) is 5.28 Å². The summed E-state index contributed by atoms with van der Waals surface area (Å²) in [7, 11) is 0. The summed E-state index contributed by atoms with van der Waals surface area (Å²) in [6, 6.07) is -0.104. The zero-order valence-corrected chi connectivity index (χ0v) is 11.7. The van der Waals surface area contributed by atoms with Crippen molar-refractivity contribution in [3.63, 3.8) is 0 Å². The molecule has 1 N–H and O–H groups in total. The van der Waals surface area contributed by atoms with Crippen LogP contribution < -0.4 is 10.2 Å². The quantitative estimate of drug-likeness (QED) is 0.801. The molecule has 0 spiro atoms. The molecule has 1 aromatic rings. The molecule has 0 aliphatic carbocycles. The van der Waals surface area contributed by atoms with E-state index in [1.165, 1.54) is 0 Å². The first-order chi connectivity index (χ1) is 8.64. The van der Waals surface area contributed by atoms with Crippen LogP contribution in [-0.4, -0.2) is 34.1 Å². The Morgan fingerprint density at radius 1 is 1.28 bits per heavy atom. The first-order valence-corrected chi connectivity index (χ1v) is 6.41. The molecule has 0 aliphatic rings. The van der Waals surface area contributed by atoms with E-state index in [1.807, 2.05) is 25.7 Å². The normalized spacial score (nSPS) is 11.7. The van der Waals surface area contributed by atoms with Crippen molar-refractivity contribution in [2.75, 3.05) is 23.3 Å². The van der Waals surface area contributed by atoms with Crippen molar-refractivity contribution in [3.8, 4) is 12.3 Å². The predicted octanol–water partition coefficient (Wildman–Crippen LogP) is 2.19. The van der Waals surface area contributed by atoms with E-state index in [0.717, 1.165) is 19.5 Å². The number of nitrogens with one attached hydrogen (secondary N) is 1. The van der Waals surface area contributed by atoms with Gasteiger partial charge in [-0.2, -0.15) is 15.0 Å². The predicted molar refractivity (Wildman–Crippen MR) is 74.9 cm³/mol. The van der Waals surface area contributed by atoms with Crippen LogP contribution in [0.4, 0.5) is 11.9 Å². The Morgan fingerprint density at radius 3 is 2.44 bits per heavy atom. The molecule has 5 nitrogen and oxygen atoms in total. The van der Waals surface area contributed by atoms with Crippen LogP contribution in [0.5, 0.6) is 0 Å². The Hall–Kier alpha value is -1.54. The van der Waals surface area contributed by atoms with Crippen LogP contribution in [0.15, 0.2) is 0 Å². The maximum atomic E-state index is 5.90. The maximum absolute atomic E-state index is 5.90. The monoisotopic (exact) mass is 267 g/mol. The van der Waals surface area contributed by atoms with Gasteiger partial charge in [-0.1, -0.05) is 12.8 Å². The number of nitrogens with zero attached hydrogens (tertiary/aromatic N) is 4. The molecule has 0 amide bonds. The van der Waals surface area contributed by atoms with Crippen molar-refractivity contribution in [2.45, 2.75) is 33.2 Å². The molecule has 6 heteroatoms. The van der Waals surface area contributed by atoms with Gasteiger partial charge in [-0.3, -0.25) is 0 Å². The lowest BCUT2D eigenvalue weighted by molar-refractivity contribution is 0.798. The highest BCUT2D eigenvalue weighted by molar-refractivity contribution is 6.28. The van der Waals surface area contributed by atoms with Crippen molar-refractivity contribution >= 4 is 23.5 Å². The van der Waals surface area contributed by atoms with Gasteiger partial charge in [0.1, 0.15) is 0 Å². The fourth-order valence-electron chi connectivity index (χ4n) is 1.47. The fourth-order valence-corrected chi connectivity index (χ4v) is 1.63. The zero-order valence-electron chi connectivity index (χ0n) is 10.9. The number of halogens is 1. The van der Waals surface area contributed by atoms with Gasteiger partial charge in [0.05, 0.1) is 6.04 Å². The van der Waals surface area contributed by atoms with Gasteiger partial charge in [-0.05, 0) is 31.9 Å². The zero-order chi connectivity index (χ0) is 13.5. The number of terminal acetylenes is 1. The van der Waals surface area contributed by atoms with Crippen molar-refractivity contribution in [1.82, 2.24) is 15.0 Å². The lowest BCUT2D eigenvalue weighted by Gasteiger charge is -2.19. The Kier molecular flexibility index (Phi) is 5.66. The van der Waals surface area contributed by atoms with E-state index in [1.54, 1.807) is 0 Å². The first-order valence-electron chi connectivity index (χ1n) is 6.03. The molecule has 1 heterocycles. The van der Waals surface area contributed by atoms with Crippen molar-refractivity contribution in [3.05, 3.63) is 5.28 Å². The van der Waals surface area contributed by atoms with E-state index in [2.05, 4.69) is 26.2 Å². The smallest absolute Gasteiger partial charge is 0.231 e. The Labute approximate surface area is 113 Å². The minimum atomic E-state index is -0.104. The number of hydrogen-bond donors (Lipinski definition) is 1. The second-order valence-corrected chi connectivity index (χ2v) is 4.01. The lowest BCUT2D eigenvalue weighted by atomic mass is 10.2. The molecule has 98 valence electrons. The van der Waals surface area contributed by atoms with Crippen LogP contribution >= 0.6 is 11.6 Å². The summed E-state index contributed by atoms with van der Waals surface area (Å²) in [6.07, 6.45) is 6.18. The highest BCUT2D eigenvalue weighted by Crippen LogP contribution is 2.14. The fraction of sp³-hybridized carbons (Fsp3) is 0.583. The average Bonchev–Trinajstić information content (AvgIpc) is 2.37. The van der Waals surface area contributed by atoms with E-state index in [9.17, 15) is 0 Å². The maximum Gasteiger partial charge on any atom is 0.231 e. The number of anilines is 2. The summed E-state index contributed by atoms with van der Waals surface area (Å²) in [6.45, 7) is 7.67. The summed E-state index contributed by atoms with van der Waals surface area (Å²) in [4.78, 5) is 14.5. The molecular formula is C12H18ClN5. The molecule has 0 bridgehead atoms. The van der Waals surface area contributed by atoms with Gasteiger partial charge in [0.25, 0.3) is 0 Å². The minimum Gasteiger partial charge on any atom is -0.341 e. The van der Waals surface area contributed by atoms with Crippen molar-refractivity contribution in [1.29, 1.82) is 0 Å². The highest BCUT2D eigenvalue weighted by atomic mass is 35.5. The number of aromatic nitrogens is 3. The first kappa shape index (κ1) is 14.5. The molecule has 18 heavy (non-hydrogen) atoms. The third-order valence-electron chi connectivity index (χ3n) is 2.56. The Balaban J connectivity index is 2.97. The van der Waals surface area contributed by atoms with Gasteiger partial charge < -0.3 is 10.2 Å². The molecule has 0 saturated heterocycles. The minimum absolute atomic E-state index is 0.104. The van der Waals surface area contributed by atoms with Gasteiger partial charge in [0.2, 0.25) is 17.2 Å². The lowest BCUT2D eigenvalue weighted by Crippen LogP contribution is -2.26. The van der Waals surface area contributed by atoms with E-state index in [0.29, 0.717) is 11.9 Å². The summed E-state index contributed by atoms with van der Waals surface area (Å²) >= 11 is 5.90. The van der Waals surface area contributed by atoms with Crippen LogP contribution in [-0.2, 0) is 0 Å². The van der Waals surface area contributed by atoms with E-state index < -0.39 is 0 Å². The van der Waals surface area contributed by atoms with Crippen LogP contribution in [0.1, 0.15) is 27.2 Å². The molecular weight excluding hydrogens is 250 g/mol. The highest BCUT2D eigenvalue weighted by Gasteiger charge is 2.11. The van der Waals surface area contributed by atoms with Gasteiger partial charge in [0.15, 0.2) is 0 Å². The summed E-state index contributed by atoms with van der Waals surface area (Å²) < 4.78 is 0. The molecule has 0 aliphatic heterocycles.